The van der Waals surface area contributed by atoms with Crippen LogP contribution in [0.5, 0.6) is 23.0 Å². The van der Waals surface area contributed by atoms with Gasteiger partial charge in [0.25, 0.3) is 0 Å². The van der Waals surface area contributed by atoms with Gasteiger partial charge in [-0.1, -0.05) is 85.9 Å². The van der Waals surface area contributed by atoms with Crippen LogP contribution >= 0.6 is 11.6 Å². The van der Waals surface area contributed by atoms with E-state index in [-0.39, 0.29) is 103 Å². The number of hydrogen-bond acceptors (Lipinski definition) is 21. The van der Waals surface area contributed by atoms with E-state index >= 15 is 0 Å². The maximum atomic E-state index is 14.9. The summed E-state index contributed by atoms with van der Waals surface area (Å²) in [5, 5.41) is 13.3. The Labute approximate surface area is 587 Å². The number of nitrogens with one attached hydrogen (secondary N) is 4. The zero-order chi connectivity index (χ0) is 71.4. The first-order valence-electron chi connectivity index (χ1n) is 32.4. The molecule has 3 aliphatic heterocycles. The number of ketones is 3. The van der Waals surface area contributed by atoms with Crippen LogP contribution in [0.25, 0.3) is 0 Å². The summed E-state index contributed by atoms with van der Waals surface area (Å²) in [4.78, 5) is 106. The molecule has 12 rings (SSSR count). The van der Waals surface area contributed by atoms with Gasteiger partial charge < -0.3 is 62.6 Å². The third-order valence-corrected chi connectivity index (χ3v) is 16.9. The zero-order valence-electron chi connectivity index (χ0n) is 55.0. The minimum absolute atomic E-state index is 0.0229. The molecule has 0 saturated carbocycles. The molecule has 3 saturated heterocycles. The molecule has 3 aromatic heterocycles. The largest absolute Gasteiger partial charge is 0.457 e. The van der Waals surface area contributed by atoms with Gasteiger partial charge in [-0.3, -0.25) is 28.8 Å². The van der Waals surface area contributed by atoms with Crippen molar-refractivity contribution in [2.45, 2.75) is 56.7 Å². The molecule has 26 heteroatoms. The molecule has 0 spiro atoms. The summed E-state index contributed by atoms with van der Waals surface area (Å²) in [6.45, 7) is 14.0. The number of hydrogen-bond donors (Lipinski definition) is 7. The molecule has 3 fully saturated rings. The normalized spacial score (nSPS) is 15.5. The van der Waals surface area contributed by atoms with Gasteiger partial charge in [-0.2, -0.15) is 0 Å². The molecule has 6 aromatic carbocycles. The molecular formula is C75H74ClFN16O8. The second-order valence-corrected chi connectivity index (χ2v) is 23.9. The van der Waals surface area contributed by atoms with Gasteiger partial charge in [0.1, 0.15) is 99.4 Å². The Hall–Kier alpha value is -12.4. The average Bonchev–Trinajstić information content (AvgIpc) is 0.806. The van der Waals surface area contributed by atoms with Crippen molar-refractivity contribution < 1.29 is 42.6 Å². The molecule has 0 aliphatic carbocycles. The lowest BCUT2D eigenvalue weighted by molar-refractivity contribution is -0.127. The molecule has 6 heterocycles. The molecule has 3 amide bonds. The van der Waals surface area contributed by atoms with Crippen LogP contribution in [-0.4, -0.2) is 137 Å². The number of nitrogens with two attached hydrogens (primary N) is 3. The van der Waals surface area contributed by atoms with Crippen molar-refractivity contribution in [3.8, 4) is 23.0 Å². The maximum Gasteiger partial charge on any atom is 0.246 e. The van der Waals surface area contributed by atoms with Gasteiger partial charge >= 0.3 is 0 Å². The third kappa shape index (κ3) is 18.6. The fourth-order valence-electron chi connectivity index (χ4n) is 11.6. The Morgan fingerprint density at radius 3 is 1.22 bits per heavy atom. The Kier molecular flexibility index (Phi) is 24.2. The Balaban J connectivity index is 0.000000163. The lowest BCUT2D eigenvalue weighted by atomic mass is 10.0. The number of nitrogens with zero attached hydrogens (tertiary/aromatic N) is 9. The highest BCUT2D eigenvalue weighted by Crippen LogP contribution is 2.34. The summed E-state index contributed by atoms with van der Waals surface area (Å²) >= 11 is 6.45. The Morgan fingerprint density at radius 2 is 0.822 bits per heavy atom. The average molecular weight is 1380 g/mol. The van der Waals surface area contributed by atoms with Crippen LogP contribution in [0.1, 0.15) is 86.3 Å². The minimum atomic E-state index is -0.756. The van der Waals surface area contributed by atoms with Crippen LogP contribution in [0.3, 0.4) is 0 Å². The molecule has 10 N–H and O–H groups in total. The van der Waals surface area contributed by atoms with Gasteiger partial charge in [0.15, 0.2) is 5.78 Å². The van der Waals surface area contributed by atoms with E-state index in [1.807, 2.05) is 78.9 Å². The summed E-state index contributed by atoms with van der Waals surface area (Å²) in [5.41, 5.74) is 20.9. The van der Waals surface area contributed by atoms with E-state index < -0.39 is 17.4 Å². The fraction of sp³-hybridized carbons (Fsp3) is 0.200. The lowest BCUT2D eigenvalue weighted by Gasteiger charge is -2.33. The van der Waals surface area contributed by atoms with Crippen molar-refractivity contribution in [2.75, 3.05) is 77.7 Å². The maximum absolute atomic E-state index is 14.9. The zero-order valence-corrected chi connectivity index (χ0v) is 55.8. The number of benzene rings is 6. The topological polar surface area (TPSA) is 334 Å². The molecule has 3 atom stereocenters. The summed E-state index contributed by atoms with van der Waals surface area (Å²) in [6, 6.07) is 43.7. The number of rotatable bonds is 21. The summed E-state index contributed by atoms with van der Waals surface area (Å²) < 4.78 is 26.4. The number of carbonyl (C=O) groups excluding carboxylic acids is 6. The molecule has 9 aromatic rings. The van der Waals surface area contributed by atoms with Crippen molar-refractivity contribution in [3.05, 3.63) is 253 Å². The third-order valence-electron chi connectivity index (χ3n) is 16.6. The number of anilines is 8. The molecule has 516 valence electrons. The van der Waals surface area contributed by atoms with E-state index in [1.165, 1.54) is 49.3 Å². The number of piperidine rings is 3. The first kappa shape index (κ1) is 71.4. The van der Waals surface area contributed by atoms with Crippen LogP contribution in [0.2, 0.25) is 5.02 Å². The predicted molar refractivity (Wildman–Crippen MR) is 387 cm³/mol. The first-order valence-corrected chi connectivity index (χ1v) is 32.8. The predicted octanol–water partition coefficient (Wildman–Crippen LogP) is 11.8. The summed E-state index contributed by atoms with van der Waals surface area (Å²) in [6.07, 6.45) is 12.6. The van der Waals surface area contributed by atoms with Gasteiger partial charge in [-0.05, 0) is 142 Å². The Morgan fingerprint density at radius 1 is 0.455 bits per heavy atom. The van der Waals surface area contributed by atoms with Crippen molar-refractivity contribution >= 4 is 93.0 Å². The molecule has 0 radical (unpaired) electrons. The van der Waals surface area contributed by atoms with Crippen molar-refractivity contribution in [1.82, 2.24) is 44.6 Å². The quantitative estimate of drug-likeness (QED) is 0.0259. The smallest absolute Gasteiger partial charge is 0.246 e. The van der Waals surface area contributed by atoms with E-state index in [9.17, 15) is 33.2 Å². The van der Waals surface area contributed by atoms with Crippen molar-refractivity contribution in [1.29, 1.82) is 0 Å². The number of likely N-dealkylation sites (tertiary alicyclic amines) is 3. The monoisotopic (exact) mass is 1380 g/mol. The Bertz CT molecular complexity index is 4290. The highest BCUT2D eigenvalue weighted by Gasteiger charge is 2.31. The standard InChI is InChI=1S/C25H24ClN5O3.C25H24FN5O3.C25H26N6O2/c2*1-2-21(32)31-12-6-7-16(14-31)30-25-22(24(27)28-15-29-25)23(33)19-11-10-18(13-20(19)26)34-17-8-4-3-5-9-17;1-2-21(32)31-14-6-9-20(15-31)30-25-22(24(26)27-16-28-25)23(33)17-10-12-19(13-11-17)29-18-7-4-3-5-8-18/h2*2-5,8-11,13,15-16H,1,6-7,12,14H2,(H3,27,28,29,30);2-5,7-8,10-13,16,20,29H,1,6,9,14-15H2,(H3,26,27,28,30)/t2*16-;20-/m111/s1. The summed E-state index contributed by atoms with van der Waals surface area (Å²) in [7, 11) is 0. The minimum Gasteiger partial charge on any atom is -0.457 e. The second kappa shape index (κ2) is 34.2. The molecule has 3 aliphatic rings. The van der Waals surface area contributed by atoms with Crippen molar-refractivity contribution in [2.24, 2.45) is 0 Å². The fourth-order valence-corrected chi connectivity index (χ4v) is 11.8. The van der Waals surface area contributed by atoms with Gasteiger partial charge in [0.05, 0.1) is 10.6 Å². The molecular weight excluding hydrogens is 1310 g/mol. The highest BCUT2D eigenvalue weighted by atomic mass is 35.5. The van der Waals surface area contributed by atoms with E-state index in [0.29, 0.717) is 73.7 Å². The number of nitrogen functional groups attached to an aromatic ring is 3. The van der Waals surface area contributed by atoms with Crippen LogP contribution < -0.4 is 47.9 Å². The van der Waals surface area contributed by atoms with Gasteiger partial charge in [-0.25, -0.2) is 34.3 Å². The SMILES string of the molecule is C=CC(=O)N1CCC[C@@H](Nc2ncnc(N)c2C(=O)c2ccc(Nc3ccccc3)cc2)C1.C=CC(=O)N1CCC[C@@H](Nc2ncnc(N)c2C(=O)c2ccc(Oc3ccccc3)cc2Cl)C1.C=CC(=O)N1CCC[C@@H](Nc2ncnc(N)c2C(=O)c2ccc(Oc3ccccc3)cc2F)C1. The molecule has 101 heavy (non-hydrogen) atoms. The van der Waals surface area contributed by atoms with E-state index in [0.717, 1.165) is 56.0 Å². The number of amides is 3. The van der Waals surface area contributed by atoms with Gasteiger partial charge in [0, 0.05) is 92.0 Å². The van der Waals surface area contributed by atoms with Crippen LogP contribution in [0.4, 0.5) is 50.7 Å². The van der Waals surface area contributed by atoms with Crippen LogP contribution in [0.15, 0.2) is 209 Å². The number of para-hydroxylation sites is 3. The lowest BCUT2D eigenvalue weighted by Crippen LogP contribution is -2.44. The number of carbonyl (C=O) groups is 6. The van der Waals surface area contributed by atoms with E-state index in [4.69, 9.17) is 38.3 Å². The molecule has 0 unspecified atom stereocenters. The number of halogens is 2. The number of aromatic nitrogens is 6. The van der Waals surface area contributed by atoms with Gasteiger partial charge in [-0.15, -0.1) is 0 Å². The molecule has 24 nitrogen and oxygen atoms in total. The van der Waals surface area contributed by atoms with Crippen molar-refractivity contribution in [3.63, 3.8) is 0 Å². The van der Waals surface area contributed by atoms with Crippen LogP contribution in [-0.2, 0) is 14.4 Å². The van der Waals surface area contributed by atoms with Crippen LogP contribution in [0, 0.1) is 5.82 Å². The van der Waals surface area contributed by atoms with E-state index in [1.54, 1.807) is 69.3 Å². The molecule has 0 bridgehead atoms. The second-order valence-electron chi connectivity index (χ2n) is 23.5. The first-order chi connectivity index (χ1) is 49.0. The highest BCUT2D eigenvalue weighted by molar-refractivity contribution is 6.35. The number of ether oxygens (including phenoxy) is 2. The van der Waals surface area contributed by atoms with E-state index in [2.05, 4.69) is 70.9 Å². The summed E-state index contributed by atoms with van der Waals surface area (Å²) in [5.74, 6) is 0.415. The van der Waals surface area contributed by atoms with Gasteiger partial charge in [0.2, 0.25) is 29.3 Å².